The Morgan fingerprint density at radius 3 is 0.677 bits per heavy atom. The number of unbranched alkanes of at least 4 members (excludes halogenated alkanes) is 5. The van der Waals surface area contributed by atoms with Crippen LogP contribution in [-0.4, -0.2) is 140 Å². The van der Waals surface area contributed by atoms with Gasteiger partial charge in [-0.2, -0.15) is 0 Å². The van der Waals surface area contributed by atoms with Crippen LogP contribution in [0.3, 0.4) is 0 Å². The van der Waals surface area contributed by atoms with Crippen LogP contribution in [0.25, 0.3) is 0 Å². The second-order valence-corrected chi connectivity index (χ2v) is 34.4. The number of aliphatic hydroxyl groups is 7. The predicted octanol–water partition coefficient (Wildman–Crippen LogP) is 23.8. The Hall–Kier alpha value is -7.88. The minimum Gasteiger partial charge on any atom is -0.465 e. The van der Waals surface area contributed by atoms with Gasteiger partial charge in [-0.05, 0) is 233 Å². The number of hydrogen-bond donors (Lipinski definition) is 7. The molecule has 0 aromatic heterocycles. The van der Waals surface area contributed by atoms with Gasteiger partial charge in [-0.3, -0.25) is 0 Å². The van der Waals surface area contributed by atoms with E-state index >= 15 is 0 Å². The maximum absolute atomic E-state index is 13.1. The molecule has 702 valence electrons. The van der Waals surface area contributed by atoms with Gasteiger partial charge in [0.2, 0.25) is 0 Å². The van der Waals surface area contributed by atoms with Crippen molar-refractivity contribution in [2.24, 2.45) is 11.8 Å². The molecule has 9 atom stereocenters. The van der Waals surface area contributed by atoms with E-state index in [0.717, 1.165) is 106 Å². The Morgan fingerprint density at radius 1 is 0.291 bits per heavy atom. The van der Waals surface area contributed by atoms with Gasteiger partial charge in [-0.1, -0.05) is 204 Å². The van der Waals surface area contributed by atoms with Crippen molar-refractivity contribution in [2.45, 2.75) is 250 Å². The summed E-state index contributed by atoms with van der Waals surface area (Å²) in [5.74, 6) is -3.79. The van der Waals surface area contributed by atoms with Crippen LogP contribution >= 0.6 is 63.7 Å². The fourth-order valence-corrected chi connectivity index (χ4v) is 14.6. The van der Waals surface area contributed by atoms with E-state index in [1.54, 1.807) is 54.6 Å². The molecule has 2 aliphatic rings. The zero-order chi connectivity index (χ0) is 95.0. The smallest absolute Gasteiger partial charge is 0.338 e. The standard InChI is InChI=1S/C14H18BrFO3.C14H17BrO3.C14H19BrO3.C14H18F2O3.C14H17FO3.C14H19FO3.C13H17BrO3/c1-9(16)4-3-5-13(17)11-7-6-10(15)8-12(11)14(18)19-2;1-18-14(17)12-8-10(15)5-6-11(12)13(16)7-4-9-2-3-9;1-3-4-5-6-13(16)11-8-7-10(15)9-12(11)14(17)18-2;1-9(15)4-3-5-13(17)11-7-6-10(16)8-12(11)14(18)19-2;1-18-14(17)12-8-10(15)5-6-11(12)13(16)7-4-9-2-3-9;1-3-4-5-6-13(16)11-8-7-10(15)9-12(11)14(17)18-2;1-3-4-5-12(15)10-7-6-9(14)8-11(10)13(16)17-2/h6-9,13,17H,3-5H2,1-2H3;5-6,8-9,13,16H,2-4,7H2,1H3;7-9,13,16H,3-6H2,1-2H3;6-9,13,17H,3-5H2,1-2H3;5-6,8-9,13,16H,2-4,7H2,1H3;7-9,13,16H,3-6H2,1-2H3;6-8,12,15H,3-5H2,1-2H3. The van der Waals surface area contributed by atoms with Gasteiger partial charge in [0.15, 0.2) is 0 Å². The molecule has 127 heavy (non-hydrogen) atoms. The van der Waals surface area contributed by atoms with Crippen LogP contribution in [0.2, 0.25) is 0 Å². The Balaban J connectivity index is 0.000000382. The van der Waals surface area contributed by atoms with E-state index in [9.17, 15) is 91.3 Å². The van der Waals surface area contributed by atoms with Gasteiger partial charge >= 0.3 is 41.8 Å². The monoisotopic (exact) mass is 2040 g/mol. The van der Waals surface area contributed by atoms with Gasteiger partial charge in [-0.25, -0.2) is 55.5 Å². The molecule has 7 aromatic carbocycles. The minimum absolute atomic E-state index is 0.00305. The maximum atomic E-state index is 13.1. The van der Waals surface area contributed by atoms with E-state index < -0.39 is 114 Å². The average molecular weight is 2040 g/mol. The van der Waals surface area contributed by atoms with Gasteiger partial charge in [0.1, 0.15) is 17.5 Å². The molecule has 0 aliphatic heterocycles. The number of carbonyl (C=O) groups is 7. The summed E-state index contributed by atoms with van der Waals surface area (Å²) in [6.07, 6.45) is 13.9. The molecule has 7 aromatic rings. The Morgan fingerprint density at radius 2 is 0.480 bits per heavy atom. The first-order valence-electron chi connectivity index (χ1n) is 42.6. The molecule has 2 aliphatic carbocycles. The third-order valence-corrected chi connectivity index (χ3v) is 22.7. The molecule has 0 spiro atoms. The van der Waals surface area contributed by atoms with Crippen LogP contribution in [-0.2, 0) is 33.2 Å². The highest BCUT2D eigenvalue weighted by atomic mass is 79.9. The van der Waals surface area contributed by atoms with Crippen molar-refractivity contribution in [1.82, 2.24) is 0 Å². The number of hydrogen-bond acceptors (Lipinski definition) is 21. The Kier molecular flexibility index (Phi) is 55.0. The maximum Gasteiger partial charge on any atom is 0.338 e. The SMILES string of the molecule is CCCCC(O)c1ccc(Br)cc1C(=O)OC.CCCCCC(O)c1ccc(Br)cc1C(=O)OC.CCCCCC(O)c1ccc(F)cc1C(=O)OC.COC(=O)c1cc(Br)ccc1C(O)CCC1CC1.COC(=O)c1cc(Br)ccc1C(O)CCCC(C)F.COC(=O)c1cc(F)ccc1C(O)CCC1CC1.COC(=O)c1cc(F)ccc1C(O)CCCC(C)F. The van der Waals surface area contributed by atoms with E-state index in [4.69, 9.17) is 18.9 Å². The molecular weight excluding hydrogens is 1920 g/mol. The first kappa shape index (κ1) is 113. The molecular formula is C97H125Br4F5O21. The highest BCUT2D eigenvalue weighted by Crippen LogP contribution is 2.39. The number of benzene rings is 7. The first-order valence-corrected chi connectivity index (χ1v) is 45.8. The highest BCUT2D eigenvalue weighted by molar-refractivity contribution is 9.11. The molecule has 9 rings (SSSR count). The lowest BCUT2D eigenvalue weighted by atomic mass is 9.98. The number of alkyl halides is 2. The van der Waals surface area contributed by atoms with Crippen LogP contribution in [0, 0.1) is 29.3 Å². The van der Waals surface area contributed by atoms with Gasteiger partial charge in [0, 0.05) is 17.9 Å². The molecule has 2 saturated carbocycles. The van der Waals surface area contributed by atoms with Crippen molar-refractivity contribution in [3.8, 4) is 0 Å². The van der Waals surface area contributed by atoms with Gasteiger partial charge < -0.3 is 68.9 Å². The fraction of sp³-hybridized carbons (Fsp3) is 0.495. The number of carbonyl (C=O) groups excluding carboxylic acids is 7. The number of aliphatic hydroxyl groups excluding tert-OH is 7. The van der Waals surface area contributed by atoms with Crippen LogP contribution < -0.4 is 0 Å². The minimum atomic E-state index is -0.937. The summed E-state index contributed by atoms with van der Waals surface area (Å²) >= 11 is 13.2. The Bertz CT molecular complexity index is 4290. The number of rotatable bonds is 39. The highest BCUT2D eigenvalue weighted by Gasteiger charge is 2.29. The number of esters is 7. The average Bonchev–Trinajstić information content (AvgIpc) is 1.13. The summed E-state index contributed by atoms with van der Waals surface area (Å²) in [7, 11) is 9.00. The van der Waals surface area contributed by atoms with Gasteiger partial charge in [0.25, 0.3) is 0 Å². The van der Waals surface area contributed by atoms with Crippen molar-refractivity contribution in [3.63, 3.8) is 0 Å². The normalized spacial score (nSPS) is 13.9. The second kappa shape index (κ2) is 61.6. The van der Waals surface area contributed by atoms with Gasteiger partial charge in [0.05, 0.1) is 144 Å². The lowest BCUT2D eigenvalue weighted by Crippen LogP contribution is -2.10. The zero-order valence-corrected chi connectivity index (χ0v) is 80.7. The summed E-state index contributed by atoms with van der Waals surface area (Å²) in [5.41, 5.74) is 5.46. The molecule has 9 unspecified atom stereocenters. The molecule has 30 heteroatoms. The summed E-state index contributed by atoms with van der Waals surface area (Å²) in [4.78, 5) is 81.2. The lowest BCUT2D eigenvalue weighted by molar-refractivity contribution is 0.0583. The summed E-state index contributed by atoms with van der Waals surface area (Å²) < 4.78 is 101. The van der Waals surface area contributed by atoms with E-state index in [2.05, 4.69) is 98.7 Å². The molecule has 7 N–H and O–H groups in total. The summed E-state index contributed by atoms with van der Waals surface area (Å²) in [6.45, 7) is 9.20. The number of halogens is 9. The molecule has 0 radical (unpaired) electrons. The van der Waals surface area contributed by atoms with Crippen molar-refractivity contribution in [2.75, 3.05) is 49.8 Å². The quantitative estimate of drug-likeness (QED) is 0.00814. The molecule has 0 bridgehead atoms. The first-order chi connectivity index (χ1) is 60.4. The largest absolute Gasteiger partial charge is 0.465 e. The van der Waals surface area contributed by atoms with Crippen molar-refractivity contribution >= 4 is 106 Å². The van der Waals surface area contributed by atoms with E-state index in [1.165, 1.54) is 126 Å². The topological polar surface area (TPSA) is 326 Å². The van der Waals surface area contributed by atoms with Crippen molar-refractivity contribution in [3.05, 3.63) is 241 Å². The Labute approximate surface area is 777 Å². The number of ether oxygens (including phenoxy) is 7. The van der Waals surface area contributed by atoms with Crippen LogP contribution in [0.1, 0.15) is 349 Å². The predicted molar refractivity (Wildman–Crippen MR) is 490 cm³/mol. The number of methoxy groups -OCH3 is 7. The van der Waals surface area contributed by atoms with E-state index in [1.807, 2.05) is 18.2 Å². The van der Waals surface area contributed by atoms with Crippen molar-refractivity contribution < 1.29 is 124 Å². The zero-order valence-electron chi connectivity index (χ0n) is 74.4. The molecule has 0 heterocycles. The molecule has 21 nitrogen and oxygen atoms in total. The third kappa shape index (κ3) is 41.8. The molecule has 0 amide bonds. The third-order valence-electron chi connectivity index (χ3n) is 20.7. The van der Waals surface area contributed by atoms with E-state index in [0.29, 0.717) is 138 Å². The summed E-state index contributed by atoms with van der Waals surface area (Å²) in [6, 6.07) is 32.1. The lowest BCUT2D eigenvalue weighted by Gasteiger charge is -2.15. The van der Waals surface area contributed by atoms with Crippen LogP contribution in [0.5, 0.6) is 0 Å². The molecule has 2 fully saturated rings. The summed E-state index contributed by atoms with van der Waals surface area (Å²) in [5, 5.41) is 70.6. The molecule has 0 saturated heterocycles. The second-order valence-electron chi connectivity index (χ2n) is 30.8. The fourth-order valence-electron chi connectivity index (χ4n) is 13.2. The van der Waals surface area contributed by atoms with Gasteiger partial charge in [-0.15, -0.1) is 0 Å². The van der Waals surface area contributed by atoms with E-state index in [-0.39, 0.29) is 16.7 Å². The van der Waals surface area contributed by atoms with Crippen LogP contribution in [0.15, 0.2) is 145 Å². The van der Waals surface area contributed by atoms with Crippen LogP contribution in [0.4, 0.5) is 22.0 Å². The van der Waals surface area contributed by atoms with Crippen molar-refractivity contribution in [1.29, 1.82) is 0 Å².